The Bertz CT molecular complexity index is 700. The van der Waals surface area contributed by atoms with Gasteiger partial charge in [-0.1, -0.05) is 25.3 Å². The fourth-order valence-electron chi connectivity index (χ4n) is 3.36. The summed E-state index contributed by atoms with van der Waals surface area (Å²) in [7, 11) is 0. The lowest BCUT2D eigenvalue weighted by Crippen LogP contribution is -2.44. The third-order valence-corrected chi connectivity index (χ3v) is 5.68. The van der Waals surface area contributed by atoms with Crippen LogP contribution in [0.25, 0.3) is 0 Å². The second-order valence-electron chi connectivity index (χ2n) is 6.43. The van der Waals surface area contributed by atoms with Crippen molar-refractivity contribution in [2.45, 2.75) is 38.6 Å². The number of aliphatic carboxylic acids is 1. The van der Waals surface area contributed by atoms with Crippen molar-refractivity contribution in [2.75, 3.05) is 6.54 Å². The van der Waals surface area contributed by atoms with E-state index in [9.17, 15) is 14.7 Å². The summed E-state index contributed by atoms with van der Waals surface area (Å²) in [5.41, 5.74) is -0.237. The molecule has 3 rings (SSSR count). The molecule has 1 aliphatic rings. The predicted molar refractivity (Wildman–Crippen MR) is 93.3 cm³/mol. The van der Waals surface area contributed by atoms with Gasteiger partial charge in [0.25, 0.3) is 5.91 Å². The van der Waals surface area contributed by atoms with E-state index in [-0.39, 0.29) is 12.5 Å². The average molecular weight is 346 g/mol. The van der Waals surface area contributed by atoms with Crippen molar-refractivity contribution in [3.63, 3.8) is 0 Å². The molecule has 1 aliphatic carbocycles. The summed E-state index contributed by atoms with van der Waals surface area (Å²) in [5.74, 6) is -1.00. The van der Waals surface area contributed by atoms with Crippen LogP contribution in [0.15, 0.2) is 35.8 Å². The van der Waals surface area contributed by atoms with Crippen molar-refractivity contribution in [3.05, 3.63) is 46.4 Å². The fraction of sp³-hybridized carbons (Fsp3) is 0.444. The van der Waals surface area contributed by atoms with E-state index in [1.54, 1.807) is 17.4 Å². The standard InChI is InChI=1S/C18H22N2O3S/c21-16(19-13-18(17(22)23)8-2-1-3-9-18)15-7-4-10-20(15)12-14-6-5-11-24-14/h4-7,10-11H,1-3,8-9,12-13H2,(H,19,21)(H,22,23). The summed E-state index contributed by atoms with van der Waals surface area (Å²) in [6.45, 7) is 0.850. The SMILES string of the molecule is O=C(NCC1(C(=O)O)CCCCC1)c1cccn1Cc1cccs1. The van der Waals surface area contributed by atoms with Gasteiger partial charge in [0.1, 0.15) is 5.69 Å². The van der Waals surface area contributed by atoms with Crippen LogP contribution in [0.1, 0.15) is 47.5 Å². The molecule has 6 heteroatoms. The van der Waals surface area contributed by atoms with E-state index >= 15 is 0 Å². The maximum absolute atomic E-state index is 12.5. The molecule has 0 aromatic carbocycles. The van der Waals surface area contributed by atoms with E-state index in [0.29, 0.717) is 25.1 Å². The van der Waals surface area contributed by atoms with Crippen LogP contribution >= 0.6 is 11.3 Å². The molecule has 0 saturated heterocycles. The Labute approximate surface area is 145 Å². The van der Waals surface area contributed by atoms with Gasteiger partial charge in [-0.05, 0) is 36.4 Å². The van der Waals surface area contributed by atoms with Gasteiger partial charge in [0.05, 0.1) is 12.0 Å². The molecule has 1 amide bonds. The fourth-order valence-corrected chi connectivity index (χ4v) is 4.07. The number of hydrogen-bond donors (Lipinski definition) is 2. The summed E-state index contributed by atoms with van der Waals surface area (Å²) in [4.78, 5) is 25.4. The molecule has 2 aromatic rings. The minimum Gasteiger partial charge on any atom is -0.481 e. The van der Waals surface area contributed by atoms with Crippen molar-refractivity contribution >= 4 is 23.2 Å². The van der Waals surface area contributed by atoms with Crippen LogP contribution in [0.2, 0.25) is 0 Å². The zero-order chi connectivity index (χ0) is 17.0. The number of aromatic nitrogens is 1. The normalized spacial score (nSPS) is 16.7. The number of carbonyl (C=O) groups excluding carboxylic acids is 1. The number of nitrogens with zero attached hydrogens (tertiary/aromatic N) is 1. The number of amides is 1. The largest absolute Gasteiger partial charge is 0.481 e. The topological polar surface area (TPSA) is 71.3 Å². The van der Waals surface area contributed by atoms with E-state index in [2.05, 4.69) is 5.32 Å². The summed E-state index contributed by atoms with van der Waals surface area (Å²) in [6, 6.07) is 7.64. The number of thiophene rings is 1. The summed E-state index contributed by atoms with van der Waals surface area (Å²) < 4.78 is 1.90. The predicted octanol–water partition coefficient (Wildman–Crippen LogP) is 3.36. The molecule has 5 nitrogen and oxygen atoms in total. The second kappa shape index (κ2) is 7.21. The Morgan fingerprint density at radius 2 is 2.00 bits per heavy atom. The molecular weight excluding hydrogens is 324 g/mol. The van der Waals surface area contributed by atoms with Crippen LogP contribution in [0.4, 0.5) is 0 Å². The number of carboxylic acids is 1. The molecule has 0 bridgehead atoms. The Morgan fingerprint density at radius 1 is 1.21 bits per heavy atom. The van der Waals surface area contributed by atoms with E-state index in [4.69, 9.17) is 0 Å². The first-order valence-electron chi connectivity index (χ1n) is 8.30. The second-order valence-corrected chi connectivity index (χ2v) is 7.46. The third-order valence-electron chi connectivity index (χ3n) is 4.82. The molecular formula is C18H22N2O3S. The number of carboxylic acid groups (broad SMARTS) is 1. The summed E-state index contributed by atoms with van der Waals surface area (Å²) in [5, 5.41) is 14.5. The summed E-state index contributed by atoms with van der Waals surface area (Å²) >= 11 is 1.65. The first kappa shape index (κ1) is 16.8. The minimum absolute atomic E-state index is 0.200. The van der Waals surface area contributed by atoms with Gasteiger partial charge in [-0.2, -0.15) is 0 Å². The van der Waals surface area contributed by atoms with E-state index < -0.39 is 11.4 Å². The molecule has 0 atom stereocenters. The first-order valence-corrected chi connectivity index (χ1v) is 9.18. The maximum Gasteiger partial charge on any atom is 0.311 e. The Kier molecular flexibility index (Phi) is 5.04. The van der Waals surface area contributed by atoms with Crippen LogP contribution in [-0.4, -0.2) is 28.1 Å². The molecule has 2 heterocycles. The van der Waals surface area contributed by atoms with Crippen LogP contribution in [0, 0.1) is 5.41 Å². The first-order chi connectivity index (χ1) is 11.6. The van der Waals surface area contributed by atoms with Crippen molar-refractivity contribution in [1.82, 2.24) is 9.88 Å². The average Bonchev–Trinajstić information content (AvgIpc) is 3.26. The molecule has 0 aliphatic heterocycles. The van der Waals surface area contributed by atoms with Gasteiger partial charge >= 0.3 is 5.97 Å². The smallest absolute Gasteiger partial charge is 0.311 e. The van der Waals surface area contributed by atoms with E-state index in [1.807, 2.05) is 34.3 Å². The molecule has 1 fully saturated rings. The van der Waals surface area contributed by atoms with Crippen LogP contribution in [-0.2, 0) is 11.3 Å². The van der Waals surface area contributed by atoms with Gasteiger partial charge in [-0.25, -0.2) is 0 Å². The molecule has 2 N–H and O–H groups in total. The van der Waals surface area contributed by atoms with Gasteiger partial charge in [-0.15, -0.1) is 11.3 Å². The minimum atomic E-state index is -0.806. The van der Waals surface area contributed by atoms with Crippen molar-refractivity contribution in [1.29, 1.82) is 0 Å². The molecule has 128 valence electrons. The Hall–Kier alpha value is -2.08. The molecule has 0 unspecified atom stereocenters. The monoisotopic (exact) mass is 346 g/mol. The van der Waals surface area contributed by atoms with Crippen molar-refractivity contribution in [2.24, 2.45) is 5.41 Å². The van der Waals surface area contributed by atoms with Crippen LogP contribution in [0.3, 0.4) is 0 Å². The zero-order valence-electron chi connectivity index (χ0n) is 13.5. The molecule has 0 spiro atoms. The lowest BCUT2D eigenvalue weighted by Gasteiger charge is -2.33. The molecule has 0 radical (unpaired) electrons. The van der Waals surface area contributed by atoms with Gasteiger partial charge in [0.2, 0.25) is 0 Å². The van der Waals surface area contributed by atoms with Crippen LogP contribution in [0.5, 0.6) is 0 Å². The highest BCUT2D eigenvalue weighted by Crippen LogP contribution is 2.36. The quantitative estimate of drug-likeness (QED) is 0.842. The third kappa shape index (κ3) is 3.53. The number of rotatable bonds is 6. The van der Waals surface area contributed by atoms with Gasteiger partial charge in [-0.3, -0.25) is 9.59 Å². The number of hydrogen-bond acceptors (Lipinski definition) is 3. The molecule has 2 aromatic heterocycles. The highest BCUT2D eigenvalue weighted by Gasteiger charge is 2.39. The Balaban J connectivity index is 1.67. The summed E-state index contributed by atoms with van der Waals surface area (Å²) in [6.07, 6.45) is 6.06. The lowest BCUT2D eigenvalue weighted by molar-refractivity contribution is -0.150. The van der Waals surface area contributed by atoms with Crippen molar-refractivity contribution in [3.8, 4) is 0 Å². The van der Waals surface area contributed by atoms with Gasteiger partial charge < -0.3 is 15.0 Å². The van der Waals surface area contributed by atoms with E-state index in [1.165, 1.54) is 4.88 Å². The van der Waals surface area contributed by atoms with E-state index in [0.717, 1.165) is 19.3 Å². The lowest BCUT2D eigenvalue weighted by atomic mass is 9.74. The zero-order valence-corrected chi connectivity index (χ0v) is 14.3. The number of nitrogens with one attached hydrogen (secondary N) is 1. The van der Waals surface area contributed by atoms with Crippen LogP contribution < -0.4 is 5.32 Å². The van der Waals surface area contributed by atoms with Crippen molar-refractivity contribution < 1.29 is 14.7 Å². The molecule has 1 saturated carbocycles. The maximum atomic E-state index is 12.5. The Morgan fingerprint density at radius 3 is 2.67 bits per heavy atom. The highest BCUT2D eigenvalue weighted by atomic mass is 32.1. The molecule has 24 heavy (non-hydrogen) atoms. The number of carbonyl (C=O) groups is 2. The van der Waals surface area contributed by atoms with Gasteiger partial charge in [0, 0.05) is 17.6 Å². The highest BCUT2D eigenvalue weighted by molar-refractivity contribution is 7.09. The van der Waals surface area contributed by atoms with Gasteiger partial charge in [0.15, 0.2) is 0 Å².